The highest BCUT2D eigenvalue weighted by molar-refractivity contribution is 6.26. The summed E-state index contributed by atoms with van der Waals surface area (Å²) in [6.45, 7) is 0. The Hall–Kier alpha value is -7.98. The zero-order valence-electron chi connectivity index (χ0n) is 29.6. The van der Waals surface area contributed by atoms with Crippen LogP contribution in [-0.2, 0) is 0 Å². The molecule has 0 bridgehead atoms. The van der Waals surface area contributed by atoms with Crippen LogP contribution in [0.4, 0.5) is 0 Å². The van der Waals surface area contributed by atoms with Crippen molar-refractivity contribution in [2.24, 2.45) is 0 Å². The zero-order chi connectivity index (χ0) is 37.0. The van der Waals surface area contributed by atoms with Gasteiger partial charge in [-0.1, -0.05) is 42.5 Å². The van der Waals surface area contributed by atoms with Crippen LogP contribution >= 0.6 is 0 Å². The Kier molecular flexibility index (Phi) is 7.24. The summed E-state index contributed by atoms with van der Waals surface area (Å²) in [7, 11) is 0. The highest BCUT2D eigenvalue weighted by atomic mass is 15.0. The Bertz CT molecular complexity index is 3120. The fraction of sp³-hybridized carbons (Fsp3) is 0. The van der Waals surface area contributed by atoms with Gasteiger partial charge >= 0.3 is 0 Å². The van der Waals surface area contributed by atoms with Gasteiger partial charge in [0.1, 0.15) is 0 Å². The second kappa shape index (κ2) is 12.9. The van der Waals surface area contributed by atoms with Gasteiger partial charge in [0.15, 0.2) is 0 Å². The van der Waals surface area contributed by atoms with Crippen LogP contribution in [-0.4, -0.2) is 49.0 Å². The van der Waals surface area contributed by atoms with Gasteiger partial charge in [-0.15, -0.1) is 0 Å². The van der Waals surface area contributed by atoms with E-state index in [0.717, 1.165) is 100 Å². The normalized spacial score (nSPS) is 11.6. The fourth-order valence-corrected chi connectivity index (χ4v) is 7.92. The molecule has 0 saturated heterocycles. The van der Waals surface area contributed by atoms with Gasteiger partial charge in [0.05, 0.1) is 69.6 Å². The van der Waals surface area contributed by atoms with Crippen molar-refractivity contribution in [3.05, 3.63) is 171 Å². The summed E-state index contributed by atoms with van der Waals surface area (Å²) in [6.07, 6.45) is 20.8. The minimum Gasteiger partial charge on any atom is -0.309 e. The summed E-state index contributed by atoms with van der Waals surface area (Å²) in [4.78, 5) is 36.3. The summed E-state index contributed by atoms with van der Waals surface area (Å²) in [5, 5.41) is 4.56. The largest absolute Gasteiger partial charge is 0.309 e. The molecule has 0 spiro atoms. The standard InChI is InChI=1S/C46H28N10/c1-3-7-42-35(5-1)36-9-10-44-45(46(36)56(42)34-23-31(40-27-49-13-17-53-40)20-32(24-34)41-28-50-14-18-54-41)37-6-2-4-8-43(37)55(44)33-21-29(38-25-47-11-15-51-38)19-30(22-33)39-26-48-12-16-52-39/h1-28H. The number of hydrogen-bond donors (Lipinski definition) is 0. The Balaban J connectivity index is 1.25. The SMILES string of the molecule is c1ccc2c(c1)c1c(ccc3c4ccccc4n(-c4cc(-c5cnccn5)cc(-c5cnccn5)c4)c31)n2-c1cc(-c2cnccn2)cc(-c2cnccn2)c1. The van der Waals surface area contributed by atoms with Gasteiger partial charge in [0, 0.05) is 105 Å². The molecule has 0 unspecified atom stereocenters. The molecule has 0 aliphatic rings. The maximum atomic E-state index is 4.69. The van der Waals surface area contributed by atoms with Gasteiger partial charge in [-0.3, -0.25) is 39.9 Å². The molecule has 0 amide bonds. The lowest BCUT2D eigenvalue weighted by molar-refractivity contribution is 1.16. The van der Waals surface area contributed by atoms with Gasteiger partial charge in [0.2, 0.25) is 0 Å². The van der Waals surface area contributed by atoms with Crippen molar-refractivity contribution in [3.8, 4) is 56.4 Å². The molecular formula is C46H28N10. The van der Waals surface area contributed by atoms with Crippen LogP contribution in [0.5, 0.6) is 0 Å². The summed E-state index contributed by atoms with van der Waals surface area (Å²) in [5.74, 6) is 0. The summed E-state index contributed by atoms with van der Waals surface area (Å²) in [6, 6.07) is 34.6. The van der Waals surface area contributed by atoms with Crippen molar-refractivity contribution in [1.29, 1.82) is 0 Å². The monoisotopic (exact) mass is 720 g/mol. The Morgan fingerprint density at radius 3 is 1.23 bits per heavy atom. The quantitative estimate of drug-likeness (QED) is 0.167. The molecule has 10 heteroatoms. The molecular weight excluding hydrogens is 693 g/mol. The van der Waals surface area contributed by atoms with E-state index in [1.165, 1.54) is 0 Å². The molecule has 0 saturated carbocycles. The summed E-state index contributed by atoms with van der Waals surface area (Å²) in [5.41, 5.74) is 13.0. The Labute approximate surface area is 319 Å². The van der Waals surface area contributed by atoms with Crippen molar-refractivity contribution in [1.82, 2.24) is 49.0 Å². The lowest BCUT2D eigenvalue weighted by atomic mass is 10.0. The highest BCUT2D eigenvalue weighted by Gasteiger charge is 2.22. The van der Waals surface area contributed by atoms with Crippen LogP contribution in [0.25, 0.3) is 100 Å². The molecule has 10 nitrogen and oxygen atoms in total. The first-order valence-corrected chi connectivity index (χ1v) is 18.1. The van der Waals surface area contributed by atoms with E-state index >= 15 is 0 Å². The average molecular weight is 721 g/mol. The minimum absolute atomic E-state index is 0.768. The third kappa shape index (κ3) is 5.12. The molecule has 0 fully saturated rings. The van der Waals surface area contributed by atoms with Crippen LogP contribution in [0, 0.1) is 0 Å². The van der Waals surface area contributed by atoms with E-state index in [2.05, 4.69) is 146 Å². The van der Waals surface area contributed by atoms with Crippen molar-refractivity contribution in [3.63, 3.8) is 0 Å². The maximum Gasteiger partial charge on any atom is 0.0886 e. The first-order valence-electron chi connectivity index (χ1n) is 18.1. The second-order valence-corrected chi connectivity index (χ2v) is 13.5. The molecule has 5 aromatic carbocycles. The molecule has 0 atom stereocenters. The van der Waals surface area contributed by atoms with Crippen LogP contribution in [0.2, 0.25) is 0 Å². The van der Waals surface area contributed by atoms with Gasteiger partial charge in [-0.05, 0) is 54.6 Å². The predicted molar refractivity (Wildman–Crippen MR) is 219 cm³/mol. The van der Waals surface area contributed by atoms with Crippen LogP contribution < -0.4 is 0 Å². The third-order valence-electron chi connectivity index (χ3n) is 10.3. The Morgan fingerprint density at radius 2 is 0.768 bits per heavy atom. The van der Waals surface area contributed by atoms with E-state index in [0.29, 0.717) is 0 Å². The summed E-state index contributed by atoms with van der Waals surface area (Å²) >= 11 is 0. The molecule has 0 N–H and O–H groups in total. The first kappa shape index (κ1) is 31.5. The Morgan fingerprint density at radius 1 is 0.339 bits per heavy atom. The predicted octanol–water partition coefficient (Wildman–Crippen LogP) is 9.71. The van der Waals surface area contributed by atoms with Crippen molar-refractivity contribution >= 4 is 43.6 Å². The number of fused-ring (bicyclic) bond motifs is 7. The molecule has 56 heavy (non-hydrogen) atoms. The minimum atomic E-state index is 0.768. The average Bonchev–Trinajstić information content (AvgIpc) is 3.80. The number of rotatable bonds is 6. The highest BCUT2D eigenvalue weighted by Crippen LogP contribution is 2.43. The van der Waals surface area contributed by atoms with Crippen molar-refractivity contribution in [2.45, 2.75) is 0 Å². The van der Waals surface area contributed by atoms with Gasteiger partial charge < -0.3 is 9.13 Å². The topological polar surface area (TPSA) is 113 Å². The summed E-state index contributed by atoms with van der Waals surface area (Å²) < 4.78 is 4.72. The number of nitrogens with zero attached hydrogens (tertiary/aromatic N) is 10. The van der Waals surface area contributed by atoms with Gasteiger partial charge in [-0.2, -0.15) is 0 Å². The molecule has 6 heterocycles. The van der Waals surface area contributed by atoms with Gasteiger partial charge in [0.25, 0.3) is 0 Å². The zero-order valence-corrected chi connectivity index (χ0v) is 29.6. The molecule has 6 aromatic heterocycles. The van der Waals surface area contributed by atoms with Crippen LogP contribution in [0.15, 0.2) is 171 Å². The van der Waals surface area contributed by atoms with E-state index in [-0.39, 0.29) is 0 Å². The molecule has 11 rings (SSSR count). The lowest BCUT2D eigenvalue weighted by Crippen LogP contribution is -1.98. The third-order valence-corrected chi connectivity index (χ3v) is 10.3. The van der Waals surface area contributed by atoms with Crippen LogP contribution in [0.3, 0.4) is 0 Å². The number of aromatic nitrogens is 10. The number of benzene rings is 5. The molecule has 262 valence electrons. The first-order chi connectivity index (χ1) is 27.8. The van der Waals surface area contributed by atoms with Crippen molar-refractivity contribution in [2.75, 3.05) is 0 Å². The van der Waals surface area contributed by atoms with E-state index in [9.17, 15) is 0 Å². The van der Waals surface area contributed by atoms with E-state index in [4.69, 9.17) is 0 Å². The van der Waals surface area contributed by atoms with E-state index < -0.39 is 0 Å². The molecule has 11 aromatic rings. The van der Waals surface area contributed by atoms with Crippen molar-refractivity contribution < 1.29 is 0 Å². The van der Waals surface area contributed by atoms with Crippen LogP contribution in [0.1, 0.15) is 0 Å². The smallest absolute Gasteiger partial charge is 0.0886 e. The van der Waals surface area contributed by atoms with E-state index in [1.807, 2.05) is 0 Å². The second-order valence-electron chi connectivity index (χ2n) is 13.5. The van der Waals surface area contributed by atoms with Gasteiger partial charge in [-0.25, -0.2) is 0 Å². The maximum absolute atomic E-state index is 4.69. The molecule has 0 aliphatic heterocycles. The lowest BCUT2D eigenvalue weighted by Gasteiger charge is -2.14. The number of hydrogen-bond acceptors (Lipinski definition) is 8. The fourth-order valence-electron chi connectivity index (χ4n) is 7.92. The molecule has 0 aliphatic carbocycles. The molecule has 0 radical (unpaired) electrons. The number of para-hydroxylation sites is 2. The van der Waals surface area contributed by atoms with E-state index in [1.54, 1.807) is 74.4 Å².